The van der Waals surface area contributed by atoms with Gasteiger partial charge < -0.3 is 25.0 Å². The van der Waals surface area contributed by atoms with Gasteiger partial charge in [-0.3, -0.25) is 4.79 Å². The molecule has 0 spiro atoms. The molecule has 7 heteroatoms. The predicted octanol–water partition coefficient (Wildman–Crippen LogP) is 5.90. The number of aromatic amines is 1. The maximum atomic E-state index is 12.5. The third-order valence-corrected chi connectivity index (χ3v) is 6.51. The van der Waals surface area contributed by atoms with Crippen LogP contribution < -0.4 is 10.1 Å². The summed E-state index contributed by atoms with van der Waals surface area (Å²) in [4.78, 5) is 22.8. The third-order valence-electron chi connectivity index (χ3n) is 6.51. The minimum atomic E-state index is -0.138. The summed E-state index contributed by atoms with van der Waals surface area (Å²) in [5, 5.41) is 14.7. The van der Waals surface area contributed by atoms with Gasteiger partial charge in [0.05, 0.1) is 17.0 Å². The first-order valence-corrected chi connectivity index (χ1v) is 13.3. The molecule has 0 unspecified atom stereocenters. The molecule has 198 valence electrons. The maximum Gasteiger partial charge on any atom is 0.251 e. The van der Waals surface area contributed by atoms with Crippen LogP contribution in [-0.4, -0.2) is 59.4 Å². The number of likely N-dealkylation sites (N-methyl/N-ethyl adjacent to an activating group) is 1. The number of rotatable bonds is 12. The SMILES string of the molecule is CCCNC(=O)c1ccc2c(C(=Nc3ccc(OCCN(CC)CC)cc3)c3ccccc3)c(O)[nH]c2c1. The van der Waals surface area contributed by atoms with Crippen LogP contribution in [-0.2, 0) is 0 Å². The molecule has 38 heavy (non-hydrogen) atoms. The number of hydrogen-bond acceptors (Lipinski definition) is 5. The first-order valence-electron chi connectivity index (χ1n) is 13.3. The molecular formula is C31H36N4O3. The second-order valence-electron chi connectivity index (χ2n) is 9.06. The Hall–Kier alpha value is -4.10. The molecule has 3 aromatic carbocycles. The number of nitrogens with zero attached hydrogens (tertiary/aromatic N) is 2. The molecule has 0 saturated carbocycles. The molecule has 0 saturated heterocycles. The van der Waals surface area contributed by atoms with Crippen molar-refractivity contribution in [3.8, 4) is 11.6 Å². The van der Waals surface area contributed by atoms with Crippen LogP contribution in [0.25, 0.3) is 10.9 Å². The fourth-order valence-electron chi connectivity index (χ4n) is 4.34. The van der Waals surface area contributed by atoms with Crippen molar-refractivity contribution in [2.45, 2.75) is 27.2 Å². The van der Waals surface area contributed by atoms with Crippen LogP contribution in [0.15, 0.2) is 77.8 Å². The molecule has 4 rings (SSSR count). The molecule has 0 fully saturated rings. The van der Waals surface area contributed by atoms with Crippen molar-refractivity contribution in [3.63, 3.8) is 0 Å². The van der Waals surface area contributed by atoms with Gasteiger partial charge in [0, 0.05) is 35.1 Å². The summed E-state index contributed by atoms with van der Waals surface area (Å²) in [5.74, 6) is 0.659. The average molecular weight is 513 g/mol. The molecule has 0 aliphatic rings. The molecular weight excluding hydrogens is 476 g/mol. The summed E-state index contributed by atoms with van der Waals surface area (Å²) in [7, 11) is 0. The van der Waals surface area contributed by atoms with Gasteiger partial charge in [0.1, 0.15) is 12.4 Å². The Balaban J connectivity index is 1.66. The van der Waals surface area contributed by atoms with Crippen LogP contribution in [0.4, 0.5) is 5.69 Å². The highest BCUT2D eigenvalue weighted by molar-refractivity contribution is 6.22. The summed E-state index contributed by atoms with van der Waals surface area (Å²) in [6, 6.07) is 22.8. The lowest BCUT2D eigenvalue weighted by Gasteiger charge is -2.18. The van der Waals surface area contributed by atoms with E-state index in [0.717, 1.165) is 48.4 Å². The average Bonchev–Trinajstić information content (AvgIpc) is 3.28. The highest BCUT2D eigenvalue weighted by Crippen LogP contribution is 2.32. The second kappa shape index (κ2) is 12.9. The van der Waals surface area contributed by atoms with Gasteiger partial charge in [0.15, 0.2) is 5.88 Å². The van der Waals surface area contributed by atoms with Crippen LogP contribution in [0.1, 0.15) is 48.7 Å². The summed E-state index contributed by atoms with van der Waals surface area (Å²) in [6.45, 7) is 10.4. The number of carbonyl (C=O) groups is 1. The Morgan fingerprint density at radius 3 is 2.39 bits per heavy atom. The molecule has 4 aromatic rings. The minimum Gasteiger partial charge on any atom is -0.494 e. The fraction of sp³-hybridized carbons (Fsp3) is 0.290. The van der Waals surface area contributed by atoms with E-state index in [2.05, 4.69) is 29.0 Å². The Bertz CT molecular complexity index is 1370. The van der Waals surface area contributed by atoms with Gasteiger partial charge in [-0.2, -0.15) is 0 Å². The number of aromatic hydroxyl groups is 1. The fourth-order valence-corrected chi connectivity index (χ4v) is 4.34. The van der Waals surface area contributed by atoms with E-state index < -0.39 is 0 Å². The van der Waals surface area contributed by atoms with E-state index in [1.807, 2.05) is 67.6 Å². The first kappa shape index (κ1) is 26.9. The summed E-state index contributed by atoms with van der Waals surface area (Å²) in [5.41, 5.74) is 4.03. The summed E-state index contributed by atoms with van der Waals surface area (Å²) >= 11 is 0. The number of amides is 1. The lowest BCUT2D eigenvalue weighted by Crippen LogP contribution is -2.27. The van der Waals surface area contributed by atoms with Crippen LogP contribution in [0.3, 0.4) is 0 Å². The molecule has 1 amide bonds. The number of H-pyrrole nitrogens is 1. The Labute approximate surface area is 224 Å². The highest BCUT2D eigenvalue weighted by Gasteiger charge is 2.20. The number of fused-ring (bicyclic) bond motifs is 1. The number of aromatic nitrogens is 1. The molecule has 1 heterocycles. The first-order chi connectivity index (χ1) is 18.5. The Morgan fingerprint density at radius 2 is 1.71 bits per heavy atom. The number of carbonyl (C=O) groups excluding carboxylic acids is 1. The molecule has 7 nitrogen and oxygen atoms in total. The standard InChI is InChI=1S/C31H36N4O3/c1-4-18-32-30(36)23-12-17-26-27(21-23)34-31(37)28(26)29(22-10-8-7-9-11-22)33-24-13-15-25(16-14-24)38-20-19-35(5-2)6-3/h7-17,21,34,37H,4-6,18-20H2,1-3H3,(H,32,36). The molecule has 3 N–H and O–H groups in total. The molecule has 0 bridgehead atoms. The van der Waals surface area contributed by atoms with Crippen molar-refractivity contribution in [3.05, 3.63) is 89.5 Å². The number of benzene rings is 3. The van der Waals surface area contributed by atoms with E-state index >= 15 is 0 Å². The van der Waals surface area contributed by atoms with Crippen molar-refractivity contribution in [2.75, 3.05) is 32.8 Å². The quantitative estimate of drug-likeness (QED) is 0.206. The number of nitrogens with one attached hydrogen (secondary N) is 2. The zero-order valence-corrected chi connectivity index (χ0v) is 22.3. The zero-order valence-electron chi connectivity index (χ0n) is 22.3. The lowest BCUT2D eigenvalue weighted by atomic mass is 10.00. The topological polar surface area (TPSA) is 89.9 Å². The van der Waals surface area contributed by atoms with Crippen molar-refractivity contribution >= 4 is 28.2 Å². The number of ether oxygens (including phenoxy) is 1. The summed E-state index contributed by atoms with van der Waals surface area (Å²) < 4.78 is 5.92. The van der Waals surface area contributed by atoms with Gasteiger partial charge in [-0.15, -0.1) is 0 Å². The Kier molecular flexibility index (Phi) is 9.16. The number of hydrogen-bond donors (Lipinski definition) is 3. The van der Waals surface area contributed by atoms with Crippen LogP contribution in [0.5, 0.6) is 11.6 Å². The van der Waals surface area contributed by atoms with E-state index in [9.17, 15) is 9.90 Å². The van der Waals surface area contributed by atoms with Crippen LogP contribution in [0, 0.1) is 0 Å². The predicted molar refractivity (Wildman–Crippen MR) is 154 cm³/mol. The van der Waals surface area contributed by atoms with Gasteiger partial charge in [0.25, 0.3) is 5.91 Å². The van der Waals surface area contributed by atoms with Crippen molar-refractivity contribution in [1.82, 2.24) is 15.2 Å². The molecule has 0 aliphatic carbocycles. The van der Waals surface area contributed by atoms with Gasteiger partial charge in [0.2, 0.25) is 0 Å². The van der Waals surface area contributed by atoms with E-state index in [1.54, 1.807) is 12.1 Å². The molecule has 0 atom stereocenters. The van der Waals surface area contributed by atoms with Crippen LogP contribution in [0.2, 0.25) is 0 Å². The van der Waals surface area contributed by atoms with Crippen LogP contribution >= 0.6 is 0 Å². The monoisotopic (exact) mass is 512 g/mol. The van der Waals surface area contributed by atoms with E-state index in [1.165, 1.54) is 0 Å². The normalized spacial score (nSPS) is 11.7. The van der Waals surface area contributed by atoms with Crippen molar-refractivity contribution in [2.24, 2.45) is 4.99 Å². The Morgan fingerprint density at radius 1 is 0.974 bits per heavy atom. The van der Waals surface area contributed by atoms with Gasteiger partial charge in [-0.25, -0.2) is 4.99 Å². The summed E-state index contributed by atoms with van der Waals surface area (Å²) in [6.07, 6.45) is 0.863. The lowest BCUT2D eigenvalue weighted by molar-refractivity contribution is 0.0953. The zero-order chi connectivity index (χ0) is 26.9. The van der Waals surface area contributed by atoms with Gasteiger partial charge >= 0.3 is 0 Å². The second-order valence-corrected chi connectivity index (χ2v) is 9.06. The van der Waals surface area contributed by atoms with Gasteiger partial charge in [-0.05, 0) is 55.9 Å². The highest BCUT2D eigenvalue weighted by atomic mass is 16.5. The maximum absolute atomic E-state index is 12.5. The van der Waals surface area contributed by atoms with Gasteiger partial charge in [-0.1, -0.05) is 57.2 Å². The largest absolute Gasteiger partial charge is 0.494 e. The molecule has 1 aromatic heterocycles. The molecule has 0 radical (unpaired) electrons. The van der Waals surface area contributed by atoms with E-state index in [4.69, 9.17) is 9.73 Å². The van der Waals surface area contributed by atoms with Crippen molar-refractivity contribution in [1.29, 1.82) is 0 Å². The van der Waals surface area contributed by atoms with Crippen molar-refractivity contribution < 1.29 is 14.6 Å². The van der Waals surface area contributed by atoms with E-state index in [-0.39, 0.29) is 11.8 Å². The minimum absolute atomic E-state index is 0.00470. The van der Waals surface area contributed by atoms with E-state index in [0.29, 0.717) is 35.5 Å². The smallest absolute Gasteiger partial charge is 0.251 e. The molecule has 0 aliphatic heterocycles. The number of aliphatic imine (C=N–C) groups is 1. The third kappa shape index (κ3) is 6.42.